The molecule has 0 unspecified atom stereocenters. The summed E-state index contributed by atoms with van der Waals surface area (Å²) < 4.78 is 26.7. The number of carbonyl (C=O) groups excluding carboxylic acids is 2. The van der Waals surface area contributed by atoms with Crippen molar-refractivity contribution in [2.45, 2.75) is 13.0 Å². The number of hydrogen-bond donors (Lipinski definition) is 2. The standard InChI is InChI=1S/C16H13F2N3O4S/c17-8-3-9(18)5-10(4-8)21-2-1-11(15(21)23)14(22)19-6-13-20-12(7-26-13)16(24)25/h3-5,7,11H,1-2,6H2,(H,19,22)(H,24,25)/t11-/m0/s1. The number of aromatic carboxylic acids is 1. The number of halogens is 2. The third-order valence-electron chi connectivity index (χ3n) is 3.87. The van der Waals surface area contributed by atoms with E-state index in [0.717, 1.165) is 23.5 Å². The Morgan fingerprint density at radius 1 is 1.31 bits per heavy atom. The van der Waals surface area contributed by atoms with E-state index in [1.165, 1.54) is 10.3 Å². The number of amides is 2. The second-order valence-corrected chi connectivity index (χ2v) is 6.55. The second-order valence-electron chi connectivity index (χ2n) is 5.61. The Balaban J connectivity index is 1.63. The summed E-state index contributed by atoms with van der Waals surface area (Å²) in [7, 11) is 0. The van der Waals surface area contributed by atoms with Crippen LogP contribution in [0.3, 0.4) is 0 Å². The van der Waals surface area contributed by atoms with E-state index in [0.29, 0.717) is 11.1 Å². The molecule has 1 aliphatic rings. The molecule has 2 amide bonds. The van der Waals surface area contributed by atoms with Crippen LogP contribution in [0.2, 0.25) is 0 Å². The normalized spacial score (nSPS) is 16.8. The van der Waals surface area contributed by atoms with Crippen LogP contribution in [-0.4, -0.2) is 34.4 Å². The summed E-state index contributed by atoms with van der Waals surface area (Å²) in [5.41, 5.74) is -0.0516. The van der Waals surface area contributed by atoms with Gasteiger partial charge in [-0.3, -0.25) is 9.59 Å². The summed E-state index contributed by atoms with van der Waals surface area (Å²) in [6, 6.07) is 2.77. The first-order chi connectivity index (χ1) is 12.3. The molecule has 0 bridgehead atoms. The first kappa shape index (κ1) is 17.9. The fraction of sp³-hybridized carbons (Fsp3) is 0.250. The second kappa shape index (κ2) is 7.16. The third kappa shape index (κ3) is 3.69. The van der Waals surface area contributed by atoms with E-state index in [1.807, 2.05) is 0 Å². The van der Waals surface area contributed by atoms with Crippen LogP contribution in [0.4, 0.5) is 14.5 Å². The van der Waals surface area contributed by atoms with Crippen molar-refractivity contribution in [3.63, 3.8) is 0 Å². The number of hydrogen-bond acceptors (Lipinski definition) is 5. The van der Waals surface area contributed by atoms with Gasteiger partial charge < -0.3 is 15.3 Å². The average Bonchev–Trinajstić information content (AvgIpc) is 3.18. The van der Waals surface area contributed by atoms with Gasteiger partial charge in [0.25, 0.3) is 0 Å². The van der Waals surface area contributed by atoms with Gasteiger partial charge in [-0.2, -0.15) is 0 Å². The number of carbonyl (C=O) groups is 3. The fourth-order valence-corrected chi connectivity index (χ4v) is 3.36. The van der Waals surface area contributed by atoms with Crippen molar-refractivity contribution in [3.8, 4) is 0 Å². The lowest BCUT2D eigenvalue weighted by atomic mass is 10.1. The topological polar surface area (TPSA) is 99.6 Å². The lowest BCUT2D eigenvalue weighted by Crippen LogP contribution is -2.36. The number of benzene rings is 1. The summed E-state index contributed by atoms with van der Waals surface area (Å²) in [5.74, 6) is -4.83. The Kier molecular flexibility index (Phi) is 4.94. The molecule has 136 valence electrons. The van der Waals surface area contributed by atoms with Crippen LogP contribution >= 0.6 is 11.3 Å². The lowest BCUT2D eigenvalue weighted by Gasteiger charge is -2.17. The molecule has 1 saturated heterocycles. The monoisotopic (exact) mass is 381 g/mol. The van der Waals surface area contributed by atoms with Crippen molar-refractivity contribution in [2.24, 2.45) is 5.92 Å². The van der Waals surface area contributed by atoms with Crippen LogP contribution in [-0.2, 0) is 16.1 Å². The summed E-state index contributed by atoms with van der Waals surface area (Å²) in [6.07, 6.45) is 0.209. The van der Waals surface area contributed by atoms with E-state index in [1.54, 1.807) is 0 Å². The molecule has 26 heavy (non-hydrogen) atoms. The third-order valence-corrected chi connectivity index (χ3v) is 4.71. The highest BCUT2D eigenvalue weighted by molar-refractivity contribution is 7.09. The van der Waals surface area contributed by atoms with E-state index >= 15 is 0 Å². The SMILES string of the molecule is O=C(O)c1csc(CNC(=O)[C@@H]2CCN(c3cc(F)cc(F)c3)C2=O)n1. The molecule has 0 spiro atoms. The van der Waals surface area contributed by atoms with Gasteiger partial charge >= 0.3 is 5.97 Å². The Morgan fingerprint density at radius 3 is 2.62 bits per heavy atom. The van der Waals surface area contributed by atoms with E-state index in [9.17, 15) is 23.2 Å². The fourth-order valence-electron chi connectivity index (χ4n) is 2.65. The largest absolute Gasteiger partial charge is 0.476 e. The molecule has 2 aromatic rings. The molecule has 1 aromatic heterocycles. The quantitative estimate of drug-likeness (QED) is 0.770. The zero-order chi connectivity index (χ0) is 18.8. The van der Waals surface area contributed by atoms with Gasteiger partial charge in [0.05, 0.1) is 6.54 Å². The number of carboxylic acid groups (broad SMARTS) is 1. The van der Waals surface area contributed by atoms with Gasteiger partial charge in [0.2, 0.25) is 11.8 Å². The van der Waals surface area contributed by atoms with Gasteiger partial charge in [-0.05, 0) is 18.6 Å². The minimum atomic E-state index is -1.16. The molecule has 1 fully saturated rings. The molecular formula is C16H13F2N3O4S. The van der Waals surface area contributed by atoms with E-state index in [2.05, 4.69) is 10.3 Å². The molecular weight excluding hydrogens is 368 g/mol. The summed E-state index contributed by atoms with van der Waals surface area (Å²) in [5, 5.41) is 13.1. The molecule has 0 aliphatic carbocycles. The molecule has 10 heteroatoms. The van der Waals surface area contributed by atoms with Gasteiger partial charge in [-0.1, -0.05) is 0 Å². The van der Waals surface area contributed by atoms with Gasteiger partial charge in [0.1, 0.15) is 22.6 Å². The zero-order valence-electron chi connectivity index (χ0n) is 13.2. The van der Waals surface area contributed by atoms with Crippen LogP contribution in [0, 0.1) is 17.6 Å². The van der Waals surface area contributed by atoms with Gasteiger partial charge in [-0.25, -0.2) is 18.6 Å². The highest BCUT2D eigenvalue weighted by Crippen LogP contribution is 2.27. The molecule has 1 aliphatic heterocycles. The molecule has 2 N–H and O–H groups in total. The Bertz CT molecular complexity index is 866. The molecule has 0 radical (unpaired) electrons. The number of thiazole rings is 1. The maximum atomic E-state index is 13.3. The van der Waals surface area contributed by atoms with Gasteiger partial charge in [-0.15, -0.1) is 11.3 Å². The maximum Gasteiger partial charge on any atom is 0.355 e. The molecule has 1 aromatic carbocycles. The summed E-state index contributed by atoms with van der Waals surface area (Å²) in [6.45, 7) is 0.162. The maximum absolute atomic E-state index is 13.3. The number of nitrogens with one attached hydrogen (secondary N) is 1. The minimum absolute atomic E-state index is 0.00481. The predicted octanol–water partition coefficient (Wildman–Crippen LogP) is 1.79. The van der Waals surface area contributed by atoms with Crippen molar-refractivity contribution in [3.05, 3.63) is 45.9 Å². The lowest BCUT2D eigenvalue weighted by molar-refractivity contribution is -0.132. The molecule has 3 rings (SSSR count). The first-order valence-corrected chi connectivity index (χ1v) is 8.46. The van der Waals surface area contributed by atoms with Crippen molar-refractivity contribution in [2.75, 3.05) is 11.4 Å². The van der Waals surface area contributed by atoms with Crippen molar-refractivity contribution >= 4 is 34.8 Å². The highest BCUT2D eigenvalue weighted by Gasteiger charge is 2.37. The van der Waals surface area contributed by atoms with E-state index in [-0.39, 0.29) is 30.9 Å². The molecule has 7 nitrogen and oxygen atoms in total. The number of rotatable bonds is 5. The van der Waals surface area contributed by atoms with E-state index < -0.39 is 35.3 Å². The van der Waals surface area contributed by atoms with Crippen LogP contribution in [0.15, 0.2) is 23.6 Å². The van der Waals surface area contributed by atoms with Crippen LogP contribution in [0.5, 0.6) is 0 Å². The van der Waals surface area contributed by atoms with Crippen LogP contribution in [0.25, 0.3) is 0 Å². The summed E-state index contributed by atoms with van der Waals surface area (Å²) in [4.78, 5) is 40.4. The number of nitrogens with zero attached hydrogens (tertiary/aromatic N) is 2. The summed E-state index contributed by atoms with van der Waals surface area (Å²) >= 11 is 1.08. The molecule has 0 saturated carbocycles. The van der Waals surface area contributed by atoms with Gasteiger partial charge in [0, 0.05) is 23.7 Å². The average molecular weight is 381 g/mol. The number of aromatic nitrogens is 1. The number of carboxylic acids is 1. The van der Waals surface area contributed by atoms with E-state index in [4.69, 9.17) is 5.11 Å². The van der Waals surface area contributed by atoms with Crippen molar-refractivity contribution in [1.29, 1.82) is 0 Å². The van der Waals surface area contributed by atoms with Crippen molar-refractivity contribution in [1.82, 2.24) is 10.3 Å². The minimum Gasteiger partial charge on any atom is -0.476 e. The first-order valence-electron chi connectivity index (χ1n) is 7.58. The van der Waals surface area contributed by atoms with Crippen LogP contribution < -0.4 is 10.2 Å². The zero-order valence-corrected chi connectivity index (χ0v) is 14.1. The molecule has 1 atom stereocenters. The van der Waals surface area contributed by atoms with Crippen molar-refractivity contribution < 1.29 is 28.3 Å². The Morgan fingerprint density at radius 2 is 2.00 bits per heavy atom. The molecule has 2 heterocycles. The smallest absolute Gasteiger partial charge is 0.355 e. The Labute approximate surface area is 150 Å². The Hall–Kier alpha value is -2.88. The predicted molar refractivity (Wildman–Crippen MR) is 87.7 cm³/mol. The van der Waals surface area contributed by atoms with Gasteiger partial charge in [0.15, 0.2) is 5.69 Å². The van der Waals surface area contributed by atoms with Crippen LogP contribution in [0.1, 0.15) is 21.9 Å². The highest BCUT2D eigenvalue weighted by atomic mass is 32.1. The number of anilines is 1.